The SMILES string of the molecule is CC1(C)CC(=O)CC(=O)C1.CC1C(=O)CC(=O)C1C.CC1C2CC(CC(C)(O)C(F)(F)F)C(C2)C1C.CC1CC(C)OC2(CCC(S(N)(=O)=O)CC2)O1.CCC(C)(C)C(=O)OCCOC(=O)CC(C)=O.CCC(C)C1CCC(C(C)(O)C(F)(F)F)CC1.CCC(C)c1ccc(C(C)(O)C(F)(F)F)cc1. The van der Waals surface area contributed by atoms with Crippen LogP contribution in [-0.4, -0.2) is 131 Å². The van der Waals surface area contributed by atoms with Crippen molar-refractivity contribution in [3.05, 3.63) is 35.4 Å². The second-order valence-corrected chi connectivity index (χ2v) is 34.6. The van der Waals surface area contributed by atoms with Gasteiger partial charge in [0.2, 0.25) is 10.0 Å². The lowest BCUT2D eigenvalue weighted by atomic mass is 9.70. The fourth-order valence-corrected chi connectivity index (χ4v) is 15.5. The van der Waals surface area contributed by atoms with Crippen LogP contribution in [0.25, 0.3) is 0 Å². The van der Waals surface area contributed by atoms with Crippen LogP contribution < -0.4 is 5.14 Å². The molecule has 2 bridgehead atoms. The van der Waals surface area contributed by atoms with Crippen LogP contribution in [0.2, 0.25) is 0 Å². The van der Waals surface area contributed by atoms with Gasteiger partial charge in [-0.2, -0.15) is 39.5 Å². The molecule has 0 radical (unpaired) electrons. The zero-order chi connectivity index (χ0) is 80.5. The van der Waals surface area contributed by atoms with Crippen LogP contribution in [0.1, 0.15) is 277 Å². The monoisotopic (exact) mass is 1520 g/mol. The van der Waals surface area contributed by atoms with Crippen molar-refractivity contribution in [2.24, 2.45) is 75.1 Å². The summed E-state index contributed by atoms with van der Waals surface area (Å²) in [5.41, 5.74) is -7.58. The molecule has 0 aromatic heterocycles. The van der Waals surface area contributed by atoms with Crippen LogP contribution in [0.5, 0.6) is 0 Å². The highest BCUT2D eigenvalue weighted by Gasteiger charge is 2.57. The van der Waals surface area contributed by atoms with Crippen molar-refractivity contribution < 1.29 is 116 Å². The number of carbonyl (C=O) groups excluding carboxylic acids is 7. The summed E-state index contributed by atoms with van der Waals surface area (Å²) in [4.78, 5) is 76.3. The van der Waals surface area contributed by atoms with Gasteiger partial charge in [-0.15, -0.1) is 0 Å². The molecule has 1 spiro atoms. The number of alkyl halides is 9. The van der Waals surface area contributed by atoms with Gasteiger partial charge in [-0.1, -0.05) is 107 Å². The predicted octanol–water partition coefficient (Wildman–Crippen LogP) is 16.5. The number of ketones is 5. The minimum atomic E-state index is -4.66. The highest BCUT2D eigenvalue weighted by molar-refractivity contribution is 7.89. The Balaban J connectivity index is 0.000000416. The maximum absolute atomic E-state index is 12.7. The smallest absolute Gasteiger partial charge is 0.421 e. The first kappa shape index (κ1) is 95.7. The minimum absolute atomic E-state index is 0.0162. The predicted molar refractivity (Wildman–Crippen MR) is 377 cm³/mol. The number of halogens is 9. The Kier molecular flexibility index (Phi) is 36.1. The molecular weight excluding hydrogens is 1400 g/mol. The van der Waals surface area contributed by atoms with E-state index < -0.39 is 73.7 Å². The number of fused-ring (bicyclic) bond motifs is 2. The van der Waals surface area contributed by atoms with E-state index in [2.05, 4.69) is 27.7 Å². The van der Waals surface area contributed by atoms with E-state index in [4.69, 9.17) is 24.1 Å². The molecule has 1 aromatic carbocycles. The standard InChI is InChI=1S/C13H21F3O.C13H23F3O.C13H17F3O.C12H20O5.C11H21NO4S.C8H12O2.C7H10O2/c1-7-8(2)11-5-9(7)4-10(11)6-12(3,17)13(14,15)16;2*1-4-9(2)10-5-7-11(8-6-10)12(3,17)13(14,15)16;1-5-12(3,4)11(15)17-7-6-16-10(14)8-9(2)13;1-8-7-9(2)16-11(15-8)5-3-10(4-6-11)17(12,13)14;1-8(2)4-6(9)3-7(10)5-8;1-4-5(2)7(9)3-6(4)8/h7-11,17H,4-6H2,1-3H3;9-11,17H,4-8H2,1-3H3;5-9,17H,4H2,1-3H3;5-8H2,1-4H3;8-10H,3-7H2,1-2H3,(H2,12,13,14);3-5H2,1-2H3;4-5H,3H2,1-2H3. The first-order valence-electron chi connectivity index (χ1n) is 37.0. The van der Waals surface area contributed by atoms with Crippen LogP contribution in [0.3, 0.4) is 0 Å². The lowest BCUT2D eigenvalue weighted by Crippen LogP contribution is -2.51. The summed E-state index contributed by atoms with van der Waals surface area (Å²) in [6.07, 6.45) is -1.88. The number of esters is 2. The highest BCUT2D eigenvalue weighted by atomic mass is 32.2. The number of hydrogen-bond donors (Lipinski definition) is 4. The topological polar surface area (TPSA) is 277 Å². The van der Waals surface area contributed by atoms with Crippen LogP contribution in [0, 0.1) is 70.0 Å². The highest BCUT2D eigenvalue weighted by Crippen LogP contribution is 2.58. The largest absolute Gasteiger partial charge is 0.462 e. The number of primary sulfonamides is 1. The van der Waals surface area contributed by atoms with Gasteiger partial charge in [0.1, 0.15) is 48.6 Å². The minimum Gasteiger partial charge on any atom is -0.462 e. The van der Waals surface area contributed by atoms with Crippen molar-refractivity contribution in [2.45, 2.75) is 324 Å². The van der Waals surface area contributed by atoms with Gasteiger partial charge in [0, 0.05) is 37.5 Å². The summed E-state index contributed by atoms with van der Waals surface area (Å²) >= 11 is 0. The molecule has 5 N–H and O–H groups in total. The molecule has 27 heteroatoms. The van der Waals surface area contributed by atoms with Gasteiger partial charge >= 0.3 is 30.5 Å². The van der Waals surface area contributed by atoms with E-state index in [0.29, 0.717) is 99.2 Å². The number of sulfonamides is 1. The first-order chi connectivity index (χ1) is 47.2. The molecule has 14 unspecified atom stereocenters. The Morgan fingerprint density at radius 3 is 1.50 bits per heavy atom. The van der Waals surface area contributed by atoms with E-state index in [1.54, 1.807) is 26.0 Å². The van der Waals surface area contributed by atoms with Gasteiger partial charge in [-0.25, -0.2) is 13.6 Å². The summed E-state index contributed by atoms with van der Waals surface area (Å²) in [5, 5.41) is 33.4. The molecule has 1 saturated heterocycles. The maximum atomic E-state index is 12.7. The Bertz CT molecular complexity index is 2990. The molecule has 1 aliphatic heterocycles. The van der Waals surface area contributed by atoms with E-state index in [0.717, 1.165) is 71.3 Å². The number of benzene rings is 1. The number of hydrogen-bond acceptors (Lipinski definition) is 16. The van der Waals surface area contributed by atoms with Crippen LogP contribution in [0.4, 0.5) is 39.5 Å². The fraction of sp³-hybridized carbons (Fsp3) is 0.831. The Labute approximate surface area is 612 Å². The number of aliphatic hydroxyl groups is 3. The average molecular weight is 1520 g/mol. The zero-order valence-corrected chi connectivity index (χ0v) is 65.8. The molecule has 6 aliphatic carbocycles. The van der Waals surface area contributed by atoms with Crippen LogP contribution in [0.15, 0.2) is 24.3 Å². The van der Waals surface area contributed by atoms with Gasteiger partial charge in [-0.3, -0.25) is 33.6 Å². The third-order valence-corrected chi connectivity index (χ3v) is 24.4. The van der Waals surface area contributed by atoms with Crippen molar-refractivity contribution in [1.29, 1.82) is 0 Å². The molecule has 7 aliphatic rings. The van der Waals surface area contributed by atoms with E-state index >= 15 is 0 Å². The Morgan fingerprint density at radius 2 is 1.13 bits per heavy atom. The Hall–Kier alpha value is -4.41. The number of rotatable bonds is 16. The third kappa shape index (κ3) is 28.9. The summed E-state index contributed by atoms with van der Waals surface area (Å²) in [6.45, 7) is 33.7. The van der Waals surface area contributed by atoms with Gasteiger partial charge in [0.05, 0.1) is 35.7 Å². The van der Waals surface area contributed by atoms with E-state index in [9.17, 15) is 96.8 Å². The molecule has 104 heavy (non-hydrogen) atoms. The molecule has 17 nitrogen and oxygen atoms in total. The summed E-state index contributed by atoms with van der Waals surface area (Å²) in [7, 11) is -3.42. The van der Waals surface area contributed by atoms with Crippen molar-refractivity contribution in [2.75, 3.05) is 13.2 Å². The van der Waals surface area contributed by atoms with Gasteiger partial charge < -0.3 is 34.3 Å². The van der Waals surface area contributed by atoms with E-state index in [-0.39, 0.29) is 115 Å². The summed E-state index contributed by atoms with van der Waals surface area (Å²) in [6, 6.07) is 5.97. The average Bonchev–Trinajstić information content (AvgIpc) is 1.63. The van der Waals surface area contributed by atoms with E-state index in [1.807, 2.05) is 62.3 Å². The van der Waals surface area contributed by atoms with Crippen molar-refractivity contribution in [3.8, 4) is 0 Å². The summed E-state index contributed by atoms with van der Waals surface area (Å²) in [5.74, 6) is 1.51. The molecule has 14 atom stereocenters. The molecule has 6 saturated carbocycles. The molecule has 7 fully saturated rings. The second-order valence-electron chi connectivity index (χ2n) is 32.7. The molecular formula is C77H124F9NO16S. The normalized spacial score (nSPS) is 29.9. The quantitative estimate of drug-likeness (QED) is 0.0518. The molecule has 0 amide bonds. The van der Waals surface area contributed by atoms with Crippen molar-refractivity contribution in [3.63, 3.8) is 0 Å². The van der Waals surface area contributed by atoms with Crippen molar-refractivity contribution in [1.82, 2.24) is 0 Å². The third-order valence-electron chi connectivity index (χ3n) is 23.0. The fourth-order valence-electron chi connectivity index (χ4n) is 14.6. The van der Waals surface area contributed by atoms with Gasteiger partial charge in [0.25, 0.3) is 0 Å². The molecule has 1 heterocycles. The van der Waals surface area contributed by atoms with Gasteiger partial charge in [-0.05, 0) is 202 Å². The number of ether oxygens (including phenoxy) is 4. The van der Waals surface area contributed by atoms with Crippen molar-refractivity contribution >= 4 is 50.9 Å². The molecule has 8 rings (SSSR count). The first-order valence-corrected chi connectivity index (χ1v) is 38.6. The van der Waals surface area contributed by atoms with E-state index in [1.165, 1.54) is 19.1 Å². The number of nitrogens with two attached hydrogens (primary N) is 1. The number of carbonyl (C=O) groups is 7. The zero-order valence-electron chi connectivity index (χ0n) is 65.0. The number of Topliss-reactive ketones (excluding diaryl/α,β-unsaturated/α-hetero) is 5. The van der Waals surface area contributed by atoms with Crippen LogP contribution in [-0.2, 0) is 68.1 Å². The molecule has 1 aromatic rings. The van der Waals surface area contributed by atoms with Crippen LogP contribution >= 0.6 is 0 Å². The van der Waals surface area contributed by atoms with Gasteiger partial charge in [0.15, 0.2) is 22.6 Å². The lowest BCUT2D eigenvalue weighted by Gasteiger charge is -2.46. The Morgan fingerprint density at radius 1 is 0.654 bits per heavy atom. The second kappa shape index (κ2) is 39.3. The maximum Gasteiger partial charge on any atom is 0.421 e. The molecule has 602 valence electrons. The lowest BCUT2D eigenvalue weighted by molar-refractivity contribution is -0.322. The summed E-state index contributed by atoms with van der Waals surface area (Å²) < 4.78 is 158.